The van der Waals surface area contributed by atoms with Crippen LogP contribution in [0.5, 0.6) is 0 Å². The highest BCUT2D eigenvalue weighted by Crippen LogP contribution is 2.28. The average molecular weight is 294 g/mol. The van der Waals surface area contributed by atoms with Gasteiger partial charge in [-0.15, -0.1) is 0 Å². The fraction of sp³-hybridized carbons (Fsp3) is 0.429. The van der Waals surface area contributed by atoms with Gasteiger partial charge in [0.1, 0.15) is 5.54 Å². The van der Waals surface area contributed by atoms with Gasteiger partial charge in [0.05, 0.1) is 6.54 Å². The van der Waals surface area contributed by atoms with E-state index < -0.39 is 5.54 Å². The fourth-order valence-corrected chi connectivity index (χ4v) is 3.04. The zero-order chi connectivity index (χ0) is 14.2. The quantitative estimate of drug-likeness (QED) is 0.813. The predicted octanol–water partition coefficient (Wildman–Crippen LogP) is 1.51. The van der Waals surface area contributed by atoms with E-state index in [1.54, 1.807) is 12.1 Å². The minimum Gasteiger partial charge on any atom is -0.323 e. The Morgan fingerprint density at radius 3 is 2.70 bits per heavy atom. The number of hydrogen-bond donors (Lipinski definition) is 2. The van der Waals surface area contributed by atoms with Gasteiger partial charge in [-0.1, -0.05) is 23.7 Å². The van der Waals surface area contributed by atoms with Gasteiger partial charge in [0.25, 0.3) is 5.91 Å². The lowest BCUT2D eigenvalue weighted by Gasteiger charge is -2.31. The lowest BCUT2D eigenvalue weighted by molar-refractivity contribution is -0.132. The molecule has 0 saturated carbocycles. The van der Waals surface area contributed by atoms with Gasteiger partial charge in [0.2, 0.25) is 0 Å². The maximum atomic E-state index is 12.6. The van der Waals surface area contributed by atoms with Crippen molar-refractivity contribution in [3.63, 3.8) is 0 Å². The number of benzene rings is 1. The first-order valence-electron chi connectivity index (χ1n) is 6.70. The third-order valence-electron chi connectivity index (χ3n) is 3.93. The van der Waals surface area contributed by atoms with E-state index in [0.29, 0.717) is 17.9 Å². The lowest BCUT2D eigenvalue weighted by Crippen LogP contribution is -2.53. The summed E-state index contributed by atoms with van der Waals surface area (Å²) in [5.41, 5.74) is 0.146. The number of halogens is 1. The summed E-state index contributed by atoms with van der Waals surface area (Å²) in [6, 6.07) is 6.91. The fourth-order valence-electron chi connectivity index (χ4n) is 2.83. The Morgan fingerprint density at radius 1 is 1.25 bits per heavy atom. The second-order valence-corrected chi connectivity index (χ2v) is 5.72. The number of nitrogens with one attached hydrogen (secondary N) is 2. The standard InChI is InChI=1S/C14H16ClN3O2/c15-11-3-1-2-10(8-11)9-18-12(19)14(17-13(18)20)4-6-16-7-5-14/h1-3,8,16H,4-7,9H2,(H,17,20). The van der Waals surface area contributed by atoms with Crippen molar-refractivity contribution in [2.24, 2.45) is 0 Å². The van der Waals surface area contributed by atoms with Crippen molar-refractivity contribution in [3.05, 3.63) is 34.9 Å². The molecule has 2 saturated heterocycles. The van der Waals surface area contributed by atoms with Crippen molar-refractivity contribution in [2.75, 3.05) is 13.1 Å². The van der Waals surface area contributed by atoms with Crippen LogP contribution in [0.15, 0.2) is 24.3 Å². The monoisotopic (exact) mass is 293 g/mol. The van der Waals surface area contributed by atoms with Crippen LogP contribution in [0.25, 0.3) is 0 Å². The average Bonchev–Trinajstić information content (AvgIpc) is 2.64. The molecule has 2 heterocycles. The van der Waals surface area contributed by atoms with Crippen LogP contribution in [0.1, 0.15) is 18.4 Å². The van der Waals surface area contributed by atoms with E-state index in [0.717, 1.165) is 18.7 Å². The molecule has 1 aromatic rings. The maximum absolute atomic E-state index is 12.6. The second kappa shape index (κ2) is 5.07. The van der Waals surface area contributed by atoms with Crippen molar-refractivity contribution in [3.8, 4) is 0 Å². The number of urea groups is 1. The molecular formula is C14H16ClN3O2. The van der Waals surface area contributed by atoms with Crippen LogP contribution < -0.4 is 10.6 Å². The van der Waals surface area contributed by atoms with Crippen LogP contribution in [0.2, 0.25) is 5.02 Å². The Bertz CT molecular complexity index is 555. The van der Waals surface area contributed by atoms with Crippen molar-refractivity contribution < 1.29 is 9.59 Å². The summed E-state index contributed by atoms with van der Waals surface area (Å²) in [5, 5.41) is 6.68. The molecule has 6 heteroatoms. The molecule has 2 N–H and O–H groups in total. The lowest BCUT2D eigenvalue weighted by atomic mass is 9.88. The minimum atomic E-state index is -0.707. The summed E-state index contributed by atoms with van der Waals surface area (Å²) < 4.78 is 0. The Kier molecular flexibility index (Phi) is 3.40. The number of rotatable bonds is 2. The summed E-state index contributed by atoms with van der Waals surface area (Å²) in [6.07, 6.45) is 1.28. The molecule has 20 heavy (non-hydrogen) atoms. The van der Waals surface area contributed by atoms with Crippen molar-refractivity contribution in [1.82, 2.24) is 15.5 Å². The maximum Gasteiger partial charge on any atom is 0.325 e. The number of nitrogens with zero attached hydrogens (tertiary/aromatic N) is 1. The van der Waals surface area contributed by atoms with Crippen LogP contribution in [-0.4, -0.2) is 35.5 Å². The number of carbonyl (C=O) groups is 2. The summed E-state index contributed by atoms with van der Waals surface area (Å²) in [6.45, 7) is 1.76. The van der Waals surface area contributed by atoms with Gasteiger partial charge >= 0.3 is 6.03 Å². The summed E-state index contributed by atoms with van der Waals surface area (Å²) in [4.78, 5) is 25.9. The van der Waals surface area contributed by atoms with Gasteiger partial charge in [0, 0.05) is 5.02 Å². The molecule has 3 rings (SSSR count). The van der Waals surface area contributed by atoms with Gasteiger partial charge in [-0.3, -0.25) is 9.69 Å². The smallest absolute Gasteiger partial charge is 0.323 e. The van der Waals surface area contributed by atoms with Gasteiger partial charge in [-0.2, -0.15) is 0 Å². The molecule has 2 aliphatic heterocycles. The molecule has 0 bridgehead atoms. The topological polar surface area (TPSA) is 61.4 Å². The van der Waals surface area contributed by atoms with Crippen molar-refractivity contribution >= 4 is 23.5 Å². The summed E-state index contributed by atoms with van der Waals surface area (Å²) in [7, 11) is 0. The second-order valence-electron chi connectivity index (χ2n) is 5.28. The molecule has 0 aromatic heterocycles. The van der Waals surface area contributed by atoms with Gasteiger partial charge in [-0.25, -0.2) is 4.79 Å². The summed E-state index contributed by atoms with van der Waals surface area (Å²) >= 11 is 5.93. The SMILES string of the molecule is O=C1NC2(CCNCC2)C(=O)N1Cc1cccc(Cl)c1. The number of carbonyl (C=O) groups excluding carboxylic acids is 2. The molecule has 3 amide bonds. The highest BCUT2D eigenvalue weighted by molar-refractivity contribution is 6.30. The zero-order valence-electron chi connectivity index (χ0n) is 11.0. The van der Waals surface area contributed by atoms with E-state index in [1.807, 2.05) is 12.1 Å². The molecule has 0 atom stereocenters. The van der Waals surface area contributed by atoms with Gasteiger partial charge in [-0.05, 0) is 43.6 Å². The number of imide groups is 1. The van der Waals surface area contributed by atoms with E-state index in [1.165, 1.54) is 4.90 Å². The van der Waals surface area contributed by atoms with Crippen LogP contribution >= 0.6 is 11.6 Å². The largest absolute Gasteiger partial charge is 0.325 e. The van der Waals surface area contributed by atoms with Crippen LogP contribution in [0.4, 0.5) is 4.79 Å². The Balaban J connectivity index is 1.80. The Morgan fingerprint density at radius 2 is 2.00 bits per heavy atom. The Hall–Kier alpha value is -1.59. The molecule has 0 radical (unpaired) electrons. The molecule has 5 nitrogen and oxygen atoms in total. The van der Waals surface area contributed by atoms with Crippen LogP contribution in [-0.2, 0) is 11.3 Å². The Labute approximate surface area is 122 Å². The molecule has 2 fully saturated rings. The first-order chi connectivity index (χ1) is 9.61. The zero-order valence-corrected chi connectivity index (χ0v) is 11.7. The van der Waals surface area contributed by atoms with Gasteiger partial charge < -0.3 is 10.6 Å². The predicted molar refractivity (Wildman–Crippen MR) is 75.4 cm³/mol. The van der Waals surface area contributed by atoms with Gasteiger partial charge in [0.15, 0.2) is 0 Å². The third kappa shape index (κ3) is 2.27. The van der Waals surface area contributed by atoms with E-state index in [-0.39, 0.29) is 18.5 Å². The first-order valence-corrected chi connectivity index (χ1v) is 7.08. The molecule has 0 aliphatic carbocycles. The molecular weight excluding hydrogens is 278 g/mol. The van der Waals surface area contributed by atoms with Crippen LogP contribution in [0.3, 0.4) is 0 Å². The molecule has 1 spiro atoms. The third-order valence-corrected chi connectivity index (χ3v) is 4.17. The molecule has 106 valence electrons. The number of amides is 3. The van der Waals surface area contributed by atoms with E-state index in [2.05, 4.69) is 10.6 Å². The highest BCUT2D eigenvalue weighted by atomic mass is 35.5. The number of piperidine rings is 1. The van der Waals surface area contributed by atoms with E-state index in [9.17, 15) is 9.59 Å². The molecule has 2 aliphatic rings. The normalized spacial score (nSPS) is 21.4. The first kappa shape index (κ1) is 13.4. The van der Waals surface area contributed by atoms with Crippen molar-refractivity contribution in [1.29, 1.82) is 0 Å². The highest BCUT2D eigenvalue weighted by Gasteiger charge is 2.51. The van der Waals surface area contributed by atoms with Crippen molar-refractivity contribution in [2.45, 2.75) is 24.9 Å². The van der Waals surface area contributed by atoms with E-state index >= 15 is 0 Å². The minimum absolute atomic E-state index is 0.121. The summed E-state index contributed by atoms with van der Waals surface area (Å²) in [5.74, 6) is -0.121. The molecule has 1 aromatic carbocycles. The van der Waals surface area contributed by atoms with E-state index in [4.69, 9.17) is 11.6 Å². The number of hydrogen-bond acceptors (Lipinski definition) is 3. The van der Waals surface area contributed by atoms with Crippen LogP contribution in [0, 0.1) is 0 Å². The molecule has 0 unspecified atom stereocenters.